The first kappa shape index (κ1) is 13.5. The zero-order chi connectivity index (χ0) is 13.8. The van der Waals surface area contributed by atoms with Gasteiger partial charge in [0.2, 0.25) is 11.8 Å². The molecule has 0 spiro atoms. The monoisotopic (exact) mass is 266 g/mol. The van der Waals surface area contributed by atoms with Crippen molar-refractivity contribution in [1.82, 2.24) is 14.9 Å². The van der Waals surface area contributed by atoms with Gasteiger partial charge < -0.3 is 15.1 Å². The predicted octanol–water partition coefficient (Wildman–Crippen LogP) is 0.568. The van der Waals surface area contributed by atoms with Crippen LogP contribution in [0, 0.1) is 10.1 Å². The molecule has 1 aromatic rings. The first-order valence-electron chi connectivity index (χ1n) is 6.30. The quantitative estimate of drug-likeness (QED) is 0.629. The fraction of sp³-hybridized carbons (Fsp3) is 0.636. The minimum atomic E-state index is -0.427. The van der Waals surface area contributed by atoms with Crippen molar-refractivity contribution in [2.24, 2.45) is 0 Å². The molecule has 1 aromatic heterocycles. The molecule has 2 heterocycles. The lowest BCUT2D eigenvalue weighted by Gasteiger charge is -2.32. The summed E-state index contributed by atoms with van der Waals surface area (Å²) >= 11 is 0. The van der Waals surface area contributed by atoms with Crippen molar-refractivity contribution in [1.29, 1.82) is 0 Å². The van der Waals surface area contributed by atoms with Crippen molar-refractivity contribution in [2.75, 3.05) is 50.0 Å². The molecule has 8 nitrogen and oxygen atoms in total. The van der Waals surface area contributed by atoms with Crippen LogP contribution in [0.3, 0.4) is 0 Å². The third-order valence-electron chi connectivity index (χ3n) is 3.08. The van der Waals surface area contributed by atoms with Crippen LogP contribution in [0.25, 0.3) is 0 Å². The van der Waals surface area contributed by atoms with E-state index in [9.17, 15) is 10.1 Å². The molecule has 0 radical (unpaired) electrons. The highest BCUT2D eigenvalue weighted by molar-refractivity contribution is 5.59. The molecule has 0 atom stereocenters. The lowest BCUT2D eigenvalue weighted by Crippen LogP contribution is -2.45. The molecular formula is C11H18N6O2. The molecule has 1 N–H and O–H groups in total. The van der Waals surface area contributed by atoms with Crippen molar-refractivity contribution in [3.8, 4) is 0 Å². The number of nitrogens with one attached hydrogen (secondary N) is 1. The summed E-state index contributed by atoms with van der Waals surface area (Å²) in [6, 6.07) is 0. The van der Waals surface area contributed by atoms with E-state index in [1.165, 1.54) is 6.20 Å². The average Bonchev–Trinajstić information content (AvgIpc) is 2.39. The summed E-state index contributed by atoms with van der Waals surface area (Å²) in [4.78, 5) is 23.0. The Labute approximate surface area is 111 Å². The number of rotatable bonds is 4. The number of aromatic nitrogens is 2. The Morgan fingerprint density at radius 1 is 1.42 bits per heavy atom. The zero-order valence-electron chi connectivity index (χ0n) is 11.2. The van der Waals surface area contributed by atoms with E-state index >= 15 is 0 Å². The Kier molecular flexibility index (Phi) is 4.10. The van der Waals surface area contributed by atoms with Gasteiger partial charge in [0.25, 0.3) is 0 Å². The zero-order valence-corrected chi connectivity index (χ0v) is 11.2. The van der Waals surface area contributed by atoms with Crippen LogP contribution in [0.4, 0.5) is 17.5 Å². The van der Waals surface area contributed by atoms with E-state index in [2.05, 4.69) is 20.2 Å². The largest absolute Gasteiger partial charge is 0.354 e. The highest BCUT2D eigenvalue weighted by Crippen LogP contribution is 2.26. The first-order valence-corrected chi connectivity index (χ1v) is 6.30. The molecule has 1 aliphatic heterocycles. The van der Waals surface area contributed by atoms with Gasteiger partial charge >= 0.3 is 5.69 Å². The van der Waals surface area contributed by atoms with Crippen molar-refractivity contribution >= 4 is 17.5 Å². The van der Waals surface area contributed by atoms with Gasteiger partial charge in [0.05, 0.1) is 4.92 Å². The highest BCUT2D eigenvalue weighted by atomic mass is 16.6. The lowest BCUT2D eigenvalue weighted by molar-refractivity contribution is -0.384. The van der Waals surface area contributed by atoms with Crippen molar-refractivity contribution in [3.05, 3.63) is 16.3 Å². The van der Waals surface area contributed by atoms with Crippen LogP contribution in [0.2, 0.25) is 0 Å². The van der Waals surface area contributed by atoms with Crippen LogP contribution in [0.1, 0.15) is 6.92 Å². The Morgan fingerprint density at radius 2 is 2.11 bits per heavy atom. The van der Waals surface area contributed by atoms with Gasteiger partial charge in [-0.2, -0.15) is 4.98 Å². The van der Waals surface area contributed by atoms with Crippen LogP contribution >= 0.6 is 0 Å². The fourth-order valence-electron chi connectivity index (χ4n) is 1.99. The molecule has 1 saturated heterocycles. The van der Waals surface area contributed by atoms with Crippen molar-refractivity contribution in [2.45, 2.75) is 6.92 Å². The van der Waals surface area contributed by atoms with E-state index in [1.54, 1.807) is 0 Å². The number of hydrogen-bond acceptors (Lipinski definition) is 7. The Morgan fingerprint density at radius 3 is 2.68 bits per heavy atom. The molecule has 0 bridgehead atoms. The topological polar surface area (TPSA) is 87.4 Å². The van der Waals surface area contributed by atoms with Gasteiger partial charge in [-0.3, -0.25) is 10.1 Å². The van der Waals surface area contributed by atoms with Gasteiger partial charge in [-0.25, -0.2) is 4.98 Å². The highest BCUT2D eigenvalue weighted by Gasteiger charge is 2.25. The van der Waals surface area contributed by atoms with Gasteiger partial charge in [0.1, 0.15) is 6.20 Å². The molecule has 1 aliphatic rings. The van der Waals surface area contributed by atoms with Gasteiger partial charge in [-0.05, 0) is 14.0 Å². The molecule has 0 saturated carbocycles. The molecule has 104 valence electrons. The molecule has 19 heavy (non-hydrogen) atoms. The number of nitrogens with zero attached hydrogens (tertiary/aromatic N) is 5. The normalized spacial score (nSPS) is 16.4. The summed E-state index contributed by atoms with van der Waals surface area (Å²) in [6.07, 6.45) is 1.28. The van der Waals surface area contributed by atoms with E-state index in [0.717, 1.165) is 26.2 Å². The molecule has 1 fully saturated rings. The SMILES string of the molecule is CCNc1ncc([N+](=O)[O-])c(N2CCN(C)CC2)n1. The Bertz CT molecular complexity index is 458. The third-order valence-corrected chi connectivity index (χ3v) is 3.08. The van der Waals surface area contributed by atoms with Gasteiger partial charge in [0, 0.05) is 32.7 Å². The Hall–Kier alpha value is -1.96. The summed E-state index contributed by atoms with van der Waals surface area (Å²) in [5, 5.41) is 14.0. The van der Waals surface area contributed by atoms with E-state index in [-0.39, 0.29) is 5.69 Å². The first-order chi connectivity index (χ1) is 9.11. The summed E-state index contributed by atoms with van der Waals surface area (Å²) in [5.74, 6) is 0.839. The van der Waals surface area contributed by atoms with Gasteiger partial charge in [-0.15, -0.1) is 0 Å². The molecule has 0 amide bonds. The maximum absolute atomic E-state index is 11.1. The van der Waals surface area contributed by atoms with E-state index in [1.807, 2.05) is 18.9 Å². The summed E-state index contributed by atoms with van der Waals surface area (Å²) in [6.45, 7) is 5.83. The number of nitro groups is 1. The number of hydrogen-bond donors (Lipinski definition) is 1. The maximum Gasteiger partial charge on any atom is 0.329 e. The second-order valence-corrected chi connectivity index (χ2v) is 4.48. The van der Waals surface area contributed by atoms with E-state index < -0.39 is 4.92 Å². The standard InChI is InChI=1S/C11H18N6O2/c1-3-12-11-13-8-9(17(18)19)10(14-11)16-6-4-15(2)5-7-16/h8H,3-7H2,1-2H3,(H,12,13,14). The van der Waals surface area contributed by atoms with E-state index in [0.29, 0.717) is 18.3 Å². The van der Waals surface area contributed by atoms with Crippen LogP contribution in [-0.2, 0) is 0 Å². The molecule has 0 aliphatic carbocycles. The van der Waals surface area contributed by atoms with Crippen LogP contribution in [0.5, 0.6) is 0 Å². The molecule has 2 rings (SSSR count). The smallest absolute Gasteiger partial charge is 0.329 e. The van der Waals surface area contributed by atoms with Crippen LogP contribution in [-0.4, -0.2) is 59.6 Å². The molecular weight excluding hydrogens is 248 g/mol. The molecule has 0 unspecified atom stereocenters. The van der Waals surface area contributed by atoms with Crippen molar-refractivity contribution in [3.63, 3.8) is 0 Å². The number of anilines is 2. The summed E-state index contributed by atoms with van der Waals surface area (Å²) in [5.41, 5.74) is -0.0359. The second kappa shape index (κ2) is 5.79. The average molecular weight is 266 g/mol. The maximum atomic E-state index is 11.1. The number of piperazine rings is 1. The fourth-order valence-corrected chi connectivity index (χ4v) is 1.99. The van der Waals surface area contributed by atoms with Crippen molar-refractivity contribution < 1.29 is 4.92 Å². The van der Waals surface area contributed by atoms with Crippen LogP contribution < -0.4 is 10.2 Å². The third kappa shape index (κ3) is 3.08. The number of likely N-dealkylation sites (N-methyl/N-ethyl adjacent to an activating group) is 1. The molecule has 8 heteroatoms. The second-order valence-electron chi connectivity index (χ2n) is 4.48. The molecule has 0 aromatic carbocycles. The predicted molar refractivity (Wildman–Crippen MR) is 72.6 cm³/mol. The van der Waals surface area contributed by atoms with Gasteiger partial charge in [-0.1, -0.05) is 0 Å². The lowest BCUT2D eigenvalue weighted by atomic mass is 10.3. The summed E-state index contributed by atoms with van der Waals surface area (Å²) < 4.78 is 0. The minimum absolute atomic E-state index is 0.0359. The van der Waals surface area contributed by atoms with E-state index in [4.69, 9.17) is 0 Å². The summed E-state index contributed by atoms with van der Waals surface area (Å²) in [7, 11) is 2.04. The van der Waals surface area contributed by atoms with Gasteiger partial charge in [0.15, 0.2) is 0 Å². The van der Waals surface area contributed by atoms with Crippen LogP contribution in [0.15, 0.2) is 6.20 Å². The Balaban J connectivity index is 2.29. The minimum Gasteiger partial charge on any atom is -0.354 e.